The highest BCUT2D eigenvalue weighted by Gasteiger charge is 2.20. The van der Waals surface area contributed by atoms with Crippen molar-refractivity contribution in [1.29, 1.82) is 0 Å². The molecular weight excluding hydrogens is 440 g/mol. The maximum absolute atomic E-state index is 11.8. The molecule has 1 unspecified atom stereocenters. The van der Waals surface area contributed by atoms with Gasteiger partial charge in [-0.2, -0.15) is 0 Å². The van der Waals surface area contributed by atoms with E-state index in [-0.39, 0.29) is 11.7 Å². The van der Waals surface area contributed by atoms with Crippen molar-refractivity contribution in [2.75, 3.05) is 46.9 Å². The summed E-state index contributed by atoms with van der Waals surface area (Å²) in [5.74, 6) is 6.07. The van der Waals surface area contributed by atoms with Gasteiger partial charge in [-0.05, 0) is 55.9 Å². The number of aromatic amines is 1. The fourth-order valence-electron chi connectivity index (χ4n) is 4.26. The molecule has 0 bridgehead atoms. The molecule has 2 heterocycles. The monoisotopic (exact) mass is 472 g/mol. The molecule has 0 saturated carbocycles. The molecule has 2 N–H and O–H groups in total. The standard InChI is InChI=1S/C28H32N4O3/c1-31(2)19-25(26-27(33)28(34)30-20-29-26)17-23-9-5-21(6-10-23)3-4-22-7-11-24(12-8-22)18-32-13-15-35-16-14-32/h5-12,20,25,33H,13-19H2,1-2H3,(H,29,30,34). The second-order valence-corrected chi connectivity index (χ2v) is 9.16. The van der Waals surface area contributed by atoms with E-state index in [9.17, 15) is 9.90 Å². The molecule has 1 fully saturated rings. The second kappa shape index (κ2) is 11.8. The molecule has 4 rings (SSSR count). The number of likely N-dealkylation sites (N-methyl/N-ethyl adjacent to an activating group) is 1. The van der Waals surface area contributed by atoms with Crippen LogP contribution in [-0.2, 0) is 17.7 Å². The number of benzene rings is 2. The summed E-state index contributed by atoms with van der Waals surface area (Å²) >= 11 is 0. The minimum absolute atomic E-state index is 0.111. The SMILES string of the molecule is CN(C)CC(Cc1ccc(C#Cc2ccc(CN3CCOCC3)cc2)cc1)c1nc[nH]c(=O)c1O. The third-order valence-electron chi connectivity index (χ3n) is 6.08. The maximum Gasteiger partial charge on any atom is 0.293 e. The highest BCUT2D eigenvalue weighted by atomic mass is 16.5. The van der Waals surface area contributed by atoms with Crippen molar-refractivity contribution in [3.8, 4) is 17.6 Å². The molecule has 1 saturated heterocycles. The lowest BCUT2D eigenvalue weighted by Crippen LogP contribution is -2.35. The molecule has 35 heavy (non-hydrogen) atoms. The molecule has 0 amide bonds. The molecule has 182 valence electrons. The van der Waals surface area contributed by atoms with E-state index in [4.69, 9.17) is 4.74 Å². The average Bonchev–Trinajstić information content (AvgIpc) is 2.86. The van der Waals surface area contributed by atoms with Gasteiger partial charge in [-0.25, -0.2) is 4.98 Å². The van der Waals surface area contributed by atoms with Gasteiger partial charge in [0.15, 0.2) is 0 Å². The Hall–Kier alpha value is -3.44. The molecule has 3 aromatic rings. The Morgan fingerprint density at radius 2 is 1.63 bits per heavy atom. The molecular formula is C28H32N4O3. The van der Waals surface area contributed by atoms with E-state index in [1.54, 1.807) is 0 Å². The zero-order valence-electron chi connectivity index (χ0n) is 20.3. The molecule has 1 aliphatic rings. The number of aromatic nitrogens is 2. The van der Waals surface area contributed by atoms with Gasteiger partial charge in [0.1, 0.15) is 0 Å². The minimum Gasteiger partial charge on any atom is -0.502 e. The Kier molecular flexibility index (Phi) is 8.32. The van der Waals surface area contributed by atoms with Crippen LogP contribution < -0.4 is 5.56 Å². The number of morpholine rings is 1. The van der Waals surface area contributed by atoms with Crippen molar-refractivity contribution in [2.24, 2.45) is 0 Å². The summed E-state index contributed by atoms with van der Waals surface area (Å²) in [6, 6.07) is 16.5. The molecule has 7 heteroatoms. The van der Waals surface area contributed by atoms with E-state index in [1.165, 1.54) is 11.9 Å². The number of rotatable bonds is 7. The predicted octanol–water partition coefficient (Wildman–Crippen LogP) is 2.60. The van der Waals surface area contributed by atoms with Crippen LogP contribution in [-0.4, -0.2) is 71.8 Å². The number of nitrogens with one attached hydrogen (secondary N) is 1. The number of hydrogen-bond donors (Lipinski definition) is 2. The Bertz CT molecular complexity index is 1220. The van der Waals surface area contributed by atoms with Gasteiger partial charge < -0.3 is 19.7 Å². The lowest BCUT2D eigenvalue weighted by atomic mass is 9.94. The lowest BCUT2D eigenvalue weighted by molar-refractivity contribution is 0.0342. The van der Waals surface area contributed by atoms with E-state index in [1.807, 2.05) is 43.3 Å². The first-order valence-electron chi connectivity index (χ1n) is 11.9. The van der Waals surface area contributed by atoms with Gasteiger partial charge >= 0.3 is 0 Å². The van der Waals surface area contributed by atoms with Gasteiger partial charge in [-0.15, -0.1) is 0 Å². The van der Waals surface area contributed by atoms with Crippen LogP contribution in [0.3, 0.4) is 0 Å². The van der Waals surface area contributed by atoms with Gasteiger partial charge in [-0.1, -0.05) is 36.1 Å². The number of nitrogens with zero attached hydrogens (tertiary/aromatic N) is 3. The van der Waals surface area contributed by atoms with Crippen LogP contribution in [0.4, 0.5) is 0 Å². The Balaban J connectivity index is 1.40. The number of aromatic hydroxyl groups is 1. The lowest BCUT2D eigenvalue weighted by Gasteiger charge is -2.26. The van der Waals surface area contributed by atoms with E-state index < -0.39 is 5.56 Å². The van der Waals surface area contributed by atoms with Gasteiger partial charge in [0.05, 0.1) is 25.2 Å². The number of ether oxygens (including phenoxy) is 1. The van der Waals surface area contributed by atoms with E-state index >= 15 is 0 Å². The molecule has 7 nitrogen and oxygen atoms in total. The smallest absolute Gasteiger partial charge is 0.293 e. The molecule has 0 radical (unpaired) electrons. The molecule has 1 atom stereocenters. The summed E-state index contributed by atoms with van der Waals surface area (Å²) in [7, 11) is 3.93. The van der Waals surface area contributed by atoms with Gasteiger partial charge in [0.2, 0.25) is 5.75 Å². The van der Waals surface area contributed by atoms with Gasteiger partial charge in [-0.3, -0.25) is 9.69 Å². The van der Waals surface area contributed by atoms with Crippen molar-refractivity contribution in [2.45, 2.75) is 18.9 Å². The van der Waals surface area contributed by atoms with Crippen LogP contribution in [0.1, 0.15) is 33.9 Å². The Morgan fingerprint density at radius 3 is 2.23 bits per heavy atom. The summed E-state index contributed by atoms with van der Waals surface area (Å²) in [6.07, 6.45) is 1.99. The van der Waals surface area contributed by atoms with Crippen molar-refractivity contribution < 1.29 is 9.84 Å². The number of H-pyrrole nitrogens is 1. The first-order valence-corrected chi connectivity index (χ1v) is 11.9. The quantitative estimate of drug-likeness (QED) is 0.515. The van der Waals surface area contributed by atoms with Crippen LogP contribution in [0.2, 0.25) is 0 Å². The fourth-order valence-corrected chi connectivity index (χ4v) is 4.26. The Labute approximate surface area is 206 Å². The van der Waals surface area contributed by atoms with Crippen molar-refractivity contribution in [3.63, 3.8) is 0 Å². The number of hydrogen-bond acceptors (Lipinski definition) is 6. The topological polar surface area (TPSA) is 81.7 Å². The molecule has 0 spiro atoms. The maximum atomic E-state index is 11.8. The third kappa shape index (κ3) is 7.03. The first kappa shape index (κ1) is 24.7. The summed E-state index contributed by atoms with van der Waals surface area (Å²) in [5.41, 5.74) is 4.21. The van der Waals surface area contributed by atoms with E-state index in [0.29, 0.717) is 18.7 Å². The summed E-state index contributed by atoms with van der Waals surface area (Å²) in [5, 5.41) is 10.2. The summed E-state index contributed by atoms with van der Waals surface area (Å²) in [4.78, 5) is 22.9. The van der Waals surface area contributed by atoms with Crippen LogP contribution >= 0.6 is 0 Å². The molecule has 0 aliphatic carbocycles. The highest BCUT2D eigenvalue weighted by molar-refractivity contribution is 5.44. The van der Waals surface area contributed by atoms with Crippen LogP contribution in [0, 0.1) is 11.8 Å². The fraction of sp³-hybridized carbons (Fsp3) is 0.357. The van der Waals surface area contributed by atoms with E-state index in [0.717, 1.165) is 49.5 Å². The van der Waals surface area contributed by atoms with Crippen molar-refractivity contribution in [1.82, 2.24) is 19.8 Å². The van der Waals surface area contributed by atoms with Gasteiger partial charge in [0.25, 0.3) is 5.56 Å². The molecule has 2 aromatic carbocycles. The second-order valence-electron chi connectivity index (χ2n) is 9.16. The zero-order chi connectivity index (χ0) is 24.6. The molecule has 1 aromatic heterocycles. The minimum atomic E-state index is -0.515. The van der Waals surface area contributed by atoms with Crippen LogP contribution in [0.15, 0.2) is 59.7 Å². The van der Waals surface area contributed by atoms with Gasteiger partial charge in [0, 0.05) is 43.2 Å². The average molecular weight is 473 g/mol. The zero-order valence-corrected chi connectivity index (χ0v) is 20.3. The predicted molar refractivity (Wildman–Crippen MR) is 136 cm³/mol. The third-order valence-corrected chi connectivity index (χ3v) is 6.08. The first-order chi connectivity index (χ1) is 17.0. The highest BCUT2D eigenvalue weighted by Crippen LogP contribution is 2.24. The normalized spacial score (nSPS) is 14.9. The van der Waals surface area contributed by atoms with Crippen molar-refractivity contribution in [3.05, 3.63) is 93.2 Å². The molecule has 1 aliphatic heterocycles. The van der Waals surface area contributed by atoms with Crippen LogP contribution in [0.25, 0.3) is 0 Å². The van der Waals surface area contributed by atoms with Crippen LogP contribution in [0.5, 0.6) is 5.75 Å². The largest absolute Gasteiger partial charge is 0.502 e. The Morgan fingerprint density at radius 1 is 1.03 bits per heavy atom. The van der Waals surface area contributed by atoms with E-state index in [2.05, 4.69) is 51.0 Å². The van der Waals surface area contributed by atoms with Crippen molar-refractivity contribution >= 4 is 0 Å². The summed E-state index contributed by atoms with van der Waals surface area (Å²) in [6.45, 7) is 5.18. The summed E-state index contributed by atoms with van der Waals surface area (Å²) < 4.78 is 5.41.